The summed E-state index contributed by atoms with van der Waals surface area (Å²) in [6.45, 7) is 5.74. The van der Waals surface area contributed by atoms with Gasteiger partial charge < -0.3 is 10.2 Å². The van der Waals surface area contributed by atoms with Crippen molar-refractivity contribution >= 4 is 29.2 Å². The lowest BCUT2D eigenvalue weighted by molar-refractivity contribution is -0.136. The molecule has 2 aliphatic heterocycles. The number of hydrogen-bond donors (Lipinski definition) is 1. The van der Waals surface area contributed by atoms with E-state index in [4.69, 9.17) is 0 Å². The van der Waals surface area contributed by atoms with Crippen molar-refractivity contribution in [3.8, 4) is 0 Å². The molecule has 33 heavy (non-hydrogen) atoms. The van der Waals surface area contributed by atoms with Crippen molar-refractivity contribution in [3.63, 3.8) is 0 Å². The minimum Gasteiger partial charge on any atom is -0.343 e. The molecule has 2 aromatic rings. The number of pyridine rings is 1. The lowest BCUT2D eigenvalue weighted by Gasteiger charge is -2.41. The van der Waals surface area contributed by atoms with Crippen LogP contribution in [-0.2, 0) is 21.5 Å². The maximum absolute atomic E-state index is 13.8. The van der Waals surface area contributed by atoms with Crippen LogP contribution in [0.3, 0.4) is 0 Å². The Morgan fingerprint density at radius 2 is 2.06 bits per heavy atom. The monoisotopic (exact) mass is 468 g/mol. The van der Waals surface area contributed by atoms with E-state index < -0.39 is 5.54 Å². The fraction of sp³-hybridized carbons (Fsp3) is 0.520. The fourth-order valence-corrected chi connectivity index (χ4v) is 5.61. The average Bonchev–Trinajstić information content (AvgIpc) is 3.45. The minimum atomic E-state index is -1.13. The van der Waals surface area contributed by atoms with Crippen molar-refractivity contribution < 1.29 is 14.4 Å². The Hall–Kier alpha value is -2.74. The first kappa shape index (κ1) is 23.4. The first-order valence-electron chi connectivity index (χ1n) is 11.8. The predicted molar refractivity (Wildman–Crippen MR) is 128 cm³/mol. The van der Waals surface area contributed by atoms with Gasteiger partial charge in [-0.05, 0) is 48.6 Å². The van der Waals surface area contributed by atoms with Gasteiger partial charge in [-0.1, -0.05) is 32.4 Å². The number of nitrogens with zero attached hydrogens (tertiary/aromatic N) is 3. The van der Waals surface area contributed by atoms with Crippen molar-refractivity contribution in [2.75, 3.05) is 19.6 Å². The third kappa shape index (κ3) is 4.67. The number of urea groups is 1. The first-order valence-corrected chi connectivity index (χ1v) is 12.7. The summed E-state index contributed by atoms with van der Waals surface area (Å²) in [5.41, 5.74) is -0.418. The molecule has 0 saturated carbocycles. The van der Waals surface area contributed by atoms with Gasteiger partial charge in [-0.25, -0.2) is 4.79 Å². The van der Waals surface area contributed by atoms with Gasteiger partial charge in [0.2, 0.25) is 5.91 Å². The third-order valence-electron chi connectivity index (χ3n) is 7.09. The smallest absolute Gasteiger partial charge is 0.325 e. The van der Waals surface area contributed by atoms with Gasteiger partial charge in [-0.2, -0.15) is 0 Å². The van der Waals surface area contributed by atoms with E-state index in [1.54, 1.807) is 29.8 Å². The van der Waals surface area contributed by atoms with E-state index in [0.29, 0.717) is 56.8 Å². The van der Waals surface area contributed by atoms with E-state index in [9.17, 15) is 14.4 Å². The Kier molecular flexibility index (Phi) is 7.12. The second-order valence-electron chi connectivity index (χ2n) is 9.14. The van der Waals surface area contributed by atoms with Gasteiger partial charge in [0.05, 0.1) is 0 Å². The van der Waals surface area contributed by atoms with E-state index in [1.807, 2.05) is 28.5 Å². The molecule has 4 heterocycles. The summed E-state index contributed by atoms with van der Waals surface area (Å²) < 4.78 is 0. The summed E-state index contributed by atoms with van der Waals surface area (Å²) >= 11 is 1.62. The van der Waals surface area contributed by atoms with Gasteiger partial charge in [0.1, 0.15) is 0 Å². The largest absolute Gasteiger partial charge is 0.343 e. The molecule has 2 aliphatic rings. The highest BCUT2D eigenvalue weighted by atomic mass is 32.1. The average molecular weight is 469 g/mol. The van der Waals surface area contributed by atoms with E-state index >= 15 is 0 Å². The number of likely N-dealkylation sites (tertiary alicyclic amines) is 1. The molecule has 1 N–H and O–H groups in total. The summed E-state index contributed by atoms with van der Waals surface area (Å²) in [5.74, 6) is 0.237. The quantitative estimate of drug-likeness (QED) is 0.598. The van der Waals surface area contributed by atoms with Crippen LogP contribution in [0.5, 0.6) is 0 Å². The number of aromatic nitrogens is 1. The Bertz CT molecular complexity index is 973. The Balaban J connectivity index is 1.53. The number of imide groups is 1. The van der Waals surface area contributed by atoms with Crippen molar-refractivity contribution in [2.24, 2.45) is 11.8 Å². The van der Waals surface area contributed by atoms with Crippen LogP contribution in [0.15, 0.2) is 42.0 Å². The van der Waals surface area contributed by atoms with E-state index in [1.165, 1.54) is 4.90 Å². The Morgan fingerprint density at radius 1 is 1.27 bits per heavy atom. The SMILES string of the molecule is CCC(C)CC(=O)N1CCC(C2(c3cccnc3)NC(=O)N(CCc3cccs3)C2=O)CC1. The van der Waals surface area contributed by atoms with Crippen LogP contribution in [0.2, 0.25) is 0 Å². The molecule has 2 aromatic heterocycles. The Morgan fingerprint density at radius 3 is 2.70 bits per heavy atom. The number of piperidine rings is 1. The number of carbonyl (C=O) groups excluding carboxylic acids is 3. The molecule has 4 rings (SSSR count). The van der Waals surface area contributed by atoms with Crippen LogP contribution in [0.1, 0.15) is 50.0 Å². The molecule has 0 radical (unpaired) electrons. The normalized spacial score (nSPS) is 22.5. The maximum atomic E-state index is 13.8. The number of amides is 4. The van der Waals surface area contributed by atoms with Crippen LogP contribution in [-0.4, -0.2) is 52.3 Å². The summed E-state index contributed by atoms with van der Waals surface area (Å²) in [4.78, 5) is 48.2. The minimum absolute atomic E-state index is 0.0995. The molecular formula is C25H32N4O3S. The molecule has 2 unspecified atom stereocenters. The lowest BCUT2D eigenvalue weighted by atomic mass is 9.73. The standard InChI is InChI=1S/C25H32N4O3S/c1-3-18(2)16-22(30)28-12-8-19(9-13-28)25(20-6-4-11-26-17-20)23(31)29(24(32)27-25)14-10-21-7-5-15-33-21/h4-7,11,15,17-19H,3,8-10,12-14,16H2,1-2H3,(H,27,32). The van der Waals surface area contributed by atoms with E-state index in [0.717, 1.165) is 11.3 Å². The zero-order valence-corrected chi connectivity index (χ0v) is 20.1. The molecule has 7 nitrogen and oxygen atoms in total. The molecule has 176 valence electrons. The molecule has 0 aliphatic carbocycles. The summed E-state index contributed by atoms with van der Waals surface area (Å²) in [6, 6.07) is 7.31. The molecule has 2 saturated heterocycles. The number of carbonyl (C=O) groups is 3. The van der Waals surface area contributed by atoms with E-state index in [-0.39, 0.29) is 23.8 Å². The second-order valence-corrected chi connectivity index (χ2v) is 10.2. The fourth-order valence-electron chi connectivity index (χ4n) is 4.91. The van der Waals surface area contributed by atoms with Gasteiger partial charge in [0, 0.05) is 48.9 Å². The van der Waals surface area contributed by atoms with Crippen LogP contribution >= 0.6 is 11.3 Å². The van der Waals surface area contributed by atoms with Crippen molar-refractivity contribution in [3.05, 3.63) is 52.5 Å². The molecule has 8 heteroatoms. The predicted octanol–water partition coefficient (Wildman–Crippen LogP) is 3.81. The third-order valence-corrected chi connectivity index (χ3v) is 8.03. The number of hydrogen-bond acceptors (Lipinski definition) is 5. The number of rotatable bonds is 8. The van der Waals surface area contributed by atoms with Crippen molar-refractivity contribution in [2.45, 2.75) is 51.5 Å². The molecular weight excluding hydrogens is 436 g/mol. The maximum Gasteiger partial charge on any atom is 0.325 e. The van der Waals surface area contributed by atoms with Crippen molar-refractivity contribution in [1.82, 2.24) is 20.1 Å². The topological polar surface area (TPSA) is 82.6 Å². The zero-order valence-electron chi connectivity index (χ0n) is 19.3. The first-order chi connectivity index (χ1) is 16.0. The van der Waals surface area contributed by atoms with Gasteiger partial charge in [-0.3, -0.25) is 19.5 Å². The lowest BCUT2D eigenvalue weighted by Crippen LogP contribution is -2.54. The van der Waals surface area contributed by atoms with Crippen LogP contribution in [0.4, 0.5) is 4.79 Å². The van der Waals surface area contributed by atoms with Gasteiger partial charge >= 0.3 is 6.03 Å². The van der Waals surface area contributed by atoms with Crippen molar-refractivity contribution in [1.29, 1.82) is 0 Å². The number of nitrogens with one attached hydrogen (secondary N) is 1. The summed E-state index contributed by atoms with van der Waals surface area (Å²) in [5, 5.41) is 5.06. The second kappa shape index (κ2) is 10.0. The van der Waals surface area contributed by atoms with Crippen LogP contribution in [0, 0.1) is 11.8 Å². The van der Waals surface area contributed by atoms with Crippen LogP contribution < -0.4 is 5.32 Å². The highest BCUT2D eigenvalue weighted by Gasteiger charge is 2.57. The molecule has 4 amide bonds. The molecule has 2 atom stereocenters. The molecule has 0 spiro atoms. The zero-order chi connectivity index (χ0) is 23.4. The molecule has 2 fully saturated rings. The molecule has 0 bridgehead atoms. The highest BCUT2D eigenvalue weighted by Crippen LogP contribution is 2.41. The molecule has 0 aromatic carbocycles. The van der Waals surface area contributed by atoms with Crippen LogP contribution in [0.25, 0.3) is 0 Å². The summed E-state index contributed by atoms with van der Waals surface area (Å²) in [6.07, 6.45) is 6.85. The van der Waals surface area contributed by atoms with Gasteiger partial charge in [0.25, 0.3) is 5.91 Å². The van der Waals surface area contributed by atoms with Gasteiger partial charge in [-0.15, -0.1) is 11.3 Å². The highest BCUT2D eigenvalue weighted by molar-refractivity contribution is 7.09. The van der Waals surface area contributed by atoms with Gasteiger partial charge in [0.15, 0.2) is 5.54 Å². The summed E-state index contributed by atoms with van der Waals surface area (Å²) in [7, 11) is 0. The Labute approximate surface area is 199 Å². The number of thiophene rings is 1. The van der Waals surface area contributed by atoms with E-state index in [2.05, 4.69) is 24.1 Å².